The van der Waals surface area contributed by atoms with Crippen LogP contribution in [0.25, 0.3) is 0 Å². The Hall–Kier alpha value is -3.71. The minimum Gasteiger partial charge on any atom is -0.508 e. The molecule has 1 fully saturated rings. The molecule has 0 radical (unpaired) electrons. The average Bonchev–Trinajstić information content (AvgIpc) is 3.32. The Labute approximate surface area is 198 Å². The van der Waals surface area contributed by atoms with E-state index in [4.69, 9.17) is 12.2 Å². The lowest BCUT2D eigenvalue weighted by Crippen LogP contribution is -2.29. The maximum absolute atomic E-state index is 9.82. The number of thiocarbonyl (C=S) groups is 1. The topological polar surface area (TPSA) is 66.2 Å². The van der Waals surface area contributed by atoms with Crippen molar-refractivity contribution < 1.29 is 5.11 Å². The first-order valence-electron chi connectivity index (χ1n) is 10.9. The number of aromatic nitrogens is 3. The molecule has 3 aromatic heterocycles. The van der Waals surface area contributed by atoms with E-state index < -0.39 is 0 Å². The lowest BCUT2D eigenvalue weighted by atomic mass is 9.96. The smallest absolute Gasteiger partial charge is 0.174 e. The minimum absolute atomic E-state index is 0.0886. The Kier molecular flexibility index (Phi) is 5.56. The van der Waals surface area contributed by atoms with Crippen LogP contribution in [0, 0.1) is 13.8 Å². The Morgan fingerprint density at radius 1 is 1.00 bits per heavy atom. The lowest BCUT2D eigenvalue weighted by molar-refractivity contribution is 0.475. The van der Waals surface area contributed by atoms with E-state index in [0.717, 1.165) is 17.9 Å². The van der Waals surface area contributed by atoms with Crippen molar-refractivity contribution in [2.24, 2.45) is 0 Å². The number of nitrogens with zero attached hydrogens (tertiary/aromatic N) is 4. The van der Waals surface area contributed by atoms with Gasteiger partial charge in [-0.2, -0.15) is 0 Å². The van der Waals surface area contributed by atoms with E-state index >= 15 is 0 Å². The molecule has 1 saturated heterocycles. The number of hydrogen-bond acceptors (Lipinski definition) is 4. The molecule has 2 N–H and O–H groups in total. The molecule has 0 amide bonds. The maximum atomic E-state index is 9.82. The van der Waals surface area contributed by atoms with Gasteiger partial charge in [0.1, 0.15) is 5.75 Å². The van der Waals surface area contributed by atoms with Crippen LogP contribution in [0.5, 0.6) is 5.75 Å². The molecule has 33 heavy (non-hydrogen) atoms. The minimum atomic E-state index is -0.109. The summed E-state index contributed by atoms with van der Waals surface area (Å²) in [6, 6.07) is 19.3. The molecule has 0 bridgehead atoms. The first-order valence-corrected chi connectivity index (χ1v) is 11.3. The van der Waals surface area contributed by atoms with Crippen molar-refractivity contribution in [3.8, 4) is 5.75 Å². The molecule has 7 heteroatoms. The van der Waals surface area contributed by atoms with Crippen molar-refractivity contribution in [3.05, 3.63) is 107 Å². The molecular formula is C26H25N5OS. The number of aromatic hydroxyl groups is 1. The standard InChI is InChI=1S/C26H25N5OS/c1-17-15-22(18(2)30(17)16-19-10-13-27-14-11-19)25-24(23-5-3-4-12-28-23)29-26(33)31(25)20-6-8-21(32)9-7-20/h3-15,24-25,32H,16H2,1-2H3,(H,29,33). The zero-order valence-corrected chi connectivity index (χ0v) is 19.3. The second kappa shape index (κ2) is 8.67. The number of hydrogen-bond donors (Lipinski definition) is 2. The molecule has 4 aromatic rings. The molecule has 4 heterocycles. The number of anilines is 1. The third-order valence-electron chi connectivity index (χ3n) is 6.25. The highest BCUT2D eigenvalue weighted by Crippen LogP contribution is 2.43. The Bertz CT molecular complexity index is 1270. The summed E-state index contributed by atoms with van der Waals surface area (Å²) >= 11 is 5.81. The van der Waals surface area contributed by atoms with Crippen LogP contribution >= 0.6 is 12.2 Å². The number of aryl methyl sites for hydroxylation is 1. The first kappa shape index (κ1) is 21.2. The van der Waals surface area contributed by atoms with Crippen molar-refractivity contribution in [3.63, 3.8) is 0 Å². The summed E-state index contributed by atoms with van der Waals surface area (Å²) in [5.41, 5.74) is 6.62. The third-order valence-corrected chi connectivity index (χ3v) is 6.56. The van der Waals surface area contributed by atoms with Crippen molar-refractivity contribution in [1.29, 1.82) is 0 Å². The van der Waals surface area contributed by atoms with Crippen LogP contribution in [0.4, 0.5) is 5.69 Å². The molecule has 0 aliphatic carbocycles. The van der Waals surface area contributed by atoms with Gasteiger partial charge in [-0.25, -0.2) is 0 Å². The number of pyridine rings is 2. The number of nitrogens with one attached hydrogen (secondary N) is 1. The largest absolute Gasteiger partial charge is 0.508 e. The predicted octanol–water partition coefficient (Wildman–Crippen LogP) is 4.83. The predicted molar refractivity (Wildman–Crippen MR) is 133 cm³/mol. The monoisotopic (exact) mass is 455 g/mol. The fourth-order valence-electron chi connectivity index (χ4n) is 4.60. The van der Waals surface area contributed by atoms with Gasteiger partial charge < -0.3 is 19.9 Å². The molecule has 0 saturated carbocycles. The Balaban J connectivity index is 1.62. The molecule has 0 spiro atoms. The van der Waals surface area contributed by atoms with Crippen molar-refractivity contribution in [1.82, 2.24) is 19.9 Å². The Morgan fingerprint density at radius 2 is 1.76 bits per heavy atom. The van der Waals surface area contributed by atoms with Crippen LogP contribution in [0.15, 0.2) is 79.3 Å². The third kappa shape index (κ3) is 3.96. The van der Waals surface area contributed by atoms with Crippen LogP contribution in [-0.2, 0) is 6.54 Å². The summed E-state index contributed by atoms with van der Waals surface area (Å²) in [4.78, 5) is 10.9. The van der Waals surface area contributed by atoms with Crippen LogP contribution in [-0.4, -0.2) is 24.8 Å². The highest BCUT2D eigenvalue weighted by atomic mass is 32.1. The van der Waals surface area contributed by atoms with Gasteiger partial charge in [-0.3, -0.25) is 9.97 Å². The van der Waals surface area contributed by atoms with Crippen LogP contribution in [0.1, 0.15) is 40.3 Å². The highest BCUT2D eigenvalue weighted by molar-refractivity contribution is 7.80. The van der Waals surface area contributed by atoms with Gasteiger partial charge in [0, 0.05) is 42.2 Å². The van der Waals surface area contributed by atoms with Gasteiger partial charge in [0.2, 0.25) is 0 Å². The van der Waals surface area contributed by atoms with Gasteiger partial charge in [0.05, 0.1) is 17.8 Å². The van der Waals surface area contributed by atoms with Crippen molar-refractivity contribution in [2.45, 2.75) is 32.5 Å². The highest BCUT2D eigenvalue weighted by Gasteiger charge is 2.42. The quantitative estimate of drug-likeness (QED) is 0.421. The number of phenols is 1. The molecule has 166 valence electrons. The summed E-state index contributed by atoms with van der Waals surface area (Å²) in [5, 5.41) is 14.0. The summed E-state index contributed by atoms with van der Waals surface area (Å²) < 4.78 is 2.33. The van der Waals surface area contributed by atoms with Gasteiger partial charge in [-0.05, 0) is 91.8 Å². The zero-order chi connectivity index (χ0) is 22.9. The molecule has 1 aromatic carbocycles. The summed E-state index contributed by atoms with van der Waals surface area (Å²) in [6.45, 7) is 5.08. The van der Waals surface area contributed by atoms with Gasteiger partial charge in [0.15, 0.2) is 5.11 Å². The van der Waals surface area contributed by atoms with E-state index in [1.165, 1.54) is 22.5 Å². The SMILES string of the molecule is Cc1cc(C2C(c3ccccn3)NC(=S)N2c2ccc(O)cc2)c(C)n1Cc1ccncc1. The molecule has 1 aliphatic rings. The Morgan fingerprint density at radius 3 is 2.45 bits per heavy atom. The average molecular weight is 456 g/mol. The van der Waals surface area contributed by atoms with Gasteiger partial charge in [-0.15, -0.1) is 0 Å². The van der Waals surface area contributed by atoms with E-state index in [1.54, 1.807) is 12.1 Å². The van der Waals surface area contributed by atoms with E-state index in [-0.39, 0.29) is 17.8 Å². The molecular weight excluding hydrogens is 430 g/mol. The second-order valence-corrected chi connectivity index (χ2v) is 8.67. The fraction of sp³-hybridized carbons (Fsp3) is 0.192. The van der Waals surface area contributed by atoms with Crippen molar-refractivity contribution in [2.75, 3.05) is 4.90 Å². The normalized spacial score (nSPS) is 17.9. The van der Waals surface area contributed by atoms with Gasteiger partial charge in [0.25, 0.3) is 0 Å². The van der Waals surface area contributed by atoms with E-state index in [0.29, 0.717) is 5.11 Å². The zero-order valence-electron chi connectivity index (χ0n) is 18.5. The van der Waals surface area contributed by atoms with Gasteiger partial charge in [-0.1, -0.05) is 6.07 Å². The van der Waals surface area contributed by atoms with E-state index in [2.05, 4.69) is 44.7 Å². The van der Waals surface area contributed by atoms with E-state index in [1.807, 2.05) is 61.1 Å². The molecule has 1 aliphatic heterocycles. The molecule has 2 unspecified atom stereocenters. The van der Waals surface area contributed by atoms with Gasteiger partial charge >= 0.3 is 0 Å². The number of rotatable bonds is 5. The fourth-order valence-corrected chi connectivity index (χ4v) is 4.95. The molecule has 2 atom stereocenters. The van der Waals surface area contributed by atoms with Crippen LogP contribution in [0.2, 0.25) is 0 Å². The summed E-state index contributed by atoms with van der Waals surface area (Å²) in [5.74, 6) is 0.227. The molecule has 6 nitrogen and oxygen atoms in total. The van der Waals surface area contributed by atoms with Crippen LogP contribution in [0.3, 0.4) is 0 Å². The number of phenolic OH excluding ortho intramolecular Hbond substituents is 1. The van der Waals surface area contributed by atoms with Crippen LogP contribution < -0.4 is 10.2 Å². The van der Waals surface area contributed by atoms with Crippen molar-refractivity contribution >= 4 is 23.0 Å². The second-order valence-electron chi connectivity index (χ2n) is 8.28. The lowest BCUT2D eigenvalue weighted by Gasteiger charge is -2.28. The summed E-state index contributed by atoms with van der Waals surface area (Å²) in [7, 11) is 0. The number of benzene rings is 1. The summed E-state index contributed by atoms with van der Waals surface area (Å²) in [6.07, 6.45) is 5.47. The van der Waals surface area contributed by atoms with E-state index in [9.17, 15) is 5.11 Å². The first-order chi connectivity index (χ1) is 16.0. The molecule has 5 rings (SSSR count). The maximum Gasteiger partial charge on any atom is 0.174 e.